The third-order valence-electron chi connectivity index (χ3n) is 3.99. The number of nitrogens with zero attached hydrogens (tertiary/aromatic N) is 1. The van der Waals surface area contributed by atoms with Gasteiger partial charge in [0.2, 0.25) is 0 Å². The van der Waals surface area contributed by atoms with Gasteiger partial charge in [0.25, 0.3) is 0 Å². The molecular weight excluding hydrogens is 160 g/mol. The van der Waals surface area contributed by atoms with Crippen LogP contribution in [0.5, 0.6) is 0 Å². The van der Waals surface area contributed by atoms with Gasteiger partial charge in [-0.25, -0.2) is 0 Å². The minimum atomic E-state index is 0.740. The maximum Gasteiger partial charge on any atom is 0.0599 e. The lowest BCUT2D eigenvalue weighted by atomic mass is 10.1. The number of piperidine rings is 2. The van der Waals surface area contributed by atoms with E-state index < -0.39 is 0 Å². The van der Waals surface area contributed by atoms with Crippen molar-refractivity contribution >= 4 is 0 Å². The molecule has 0 amide bonds. The first-order valence-electron chi connectivity index (χ1n) is 5.94. The Bertz CT molecular complexity index is 187. The average molecular weight is 180 g/mol. The summed E-state index contributed by atoms with van der Waals surface area (Å²) in [5.74, 6) is 1.08. The minimum Gasteiger partial charge on any atom is -0.302 e. The summed E-state index contributed by atoms with van der Waals surface area (Å²) >= 11 is 0. The monoisotopic (exact) mass is 180 g/mol. The first-order chi connectivity index (χ1) is 6.45. The lowest BCUT2D eigenvalue weighted by Gasteiger charge is -2.37. The van der Waals surface area contributed by atoms with Crippen LogP contribution < -0.4 is 5.32 Å². The van der Waals surface area contributed by atoms with Crippen molar-refractivity contribution in [3.05, 3.63) is 0 Å². The molecule has 2 heteroatoms. The summed E-state index contributed by atoms with van der Waals surface area (Å²) in [6, 6.07) is 0.976. The Morgan fingerprint density at radius 1 is 1.08 bits per heavy atom. The smallest absolute Gasteiger partial charge is 0.0599 e. The van der Waals surface area contributed by atoms with Gasteiger partial charge in [-0.05, 0) is 57.5 Å². The van der Waals surface area contributed by atoms with Crippen molar-refractivity contribution in [2.75, 3.05) is 13.1 Å². The molecular formula is C11H20N2. The molecule has 0 aromatic carbocycles. The van der Waals surface area contributed by atoms with Gasteiger partial charge in [-0.3, -0.25) is 4.90 Å². The van der Waals surface area contributed by atoms with Crippen LogP contribution in [0.15, 0.2) is 0 Å². The Labute approximate surface area is 80.7 Å². The predicted molar refractivity (Wildman–Crippen MR) is 53.5 cm³/mol. The fourth-order valence-electron chi connectivity index (χ4n) is 3.15. The fraction of sp³-hybridized carbons (Fsp3) is 1.00. The molecule has 2 saturated heterocycles. The maximum atomic E-state index is 3.67. The summed E-state index contributed by atoms with van der Waals surface area (Å²) < 4.78 is 0. The molecule has 74 valence electrons. The van der Waals surface area contributed by atoms with Gasteiger partial charge in [-0.2, -0.15) is 0 Å². The third-order valence-corrected chi connectivity index (χ3v) is 3.99. The van der Waals surface area contributed by atoms with Gasteiger partial charge in [0.15, 0.2) is 0 Å². The summed E-state index contributed by atoms with van der Waals surface area (Å²) in [7, 11) is 0. The van der Waals surface area contributed by atoms with E-state index in [-0.39, 0.29) is 0 Å². The third kappa shape index (κ3) is 1.50. The van der Waals surface area contributed by atoms with Crippen LogP contribution in [0.4, 0.5) is 0 Å². The van der Waals surface area contributed by atoms with Crippen LogP contribution in [0, 0.1) is 5.92 Å². The molecule has 3 rings (SSSR count). The van der Waals surface area contributed by atoms with Crippen molar-refractivity contribution in [1.29, 1.82) is 0 Å². The van der Waals surface area contributed by atoms with Crippen molar-refractivity contribution in [2.24, 2.45) is 5.92 Å². The number of hydrogen-bond acceptors (Lipinski definition) is 2. The summed E-state index contributed by atoms with van der Waals surface area (Å²) in [6.07, 6.45) is 9.41. The summed E-state index contributed by atoms with van der Waals surface area (Å²) in [6.45, 7) is 2.61. The molecule has 13 heavy (non-hydrogen) atoms. The van der Waals surface area contributed by atoms with E-state index >= 15 is 0 Å². The molecule has 3 atom stereocenters. The van der Waals surface area contributed by atoms with Gasteiger partial charge in [0.1, 0.15) is 0 Å². The van der Waals surface area contributed by atoms with Gasteiger partial charge in [-0.1, -0.05) is 0 Å². The Morgan fingerprint density at radius 3 is 2.92 bits per heavy atom. The predicted octanol–water partition coefficient (Wildman–Crippen LogP) is 1.57. The standard InChI is InChI=1S/C11H20N2/c1-2-6-12-11(5-1)13-7-3-4-9-8-10(9)13/h9-12H,1-8H2. The highest BCUT2D eigenvalue weighted by Gasteiger charge is 2.46. The Kier molecular flexibility index (Phi) is 2.06. The second kappa shape index (κ2) is 3.25. The molecule has 0 radical (unpaired) electrons. The second-order valence-corrected chi connectivity index (χ2v) is 4.91. The van der Waals surface area contributed by atoms with E-state index in [0.29, 0.717) is 0 Å². The van der Waals surface area contributed by atoms with E-state index in [0.717, 1.165) is 18.1 Å². The van der Waals surface area contributed by atoms with Crippen LogP contribution in [0.1, 0.15) is 38.5 Å². The van der Waals surface area contributed by atoms with E-state index in [1.807, 2.05) is 0 Å². The molecule has 0 spiro atoms. The fourth-order valence-corrected chi connectivity index (χ4v) is 3.15. The molecule has 1 aliphatic carbocycles. The van der Waals surface area contributed by atoms with Gasteiger partial charge < -0.3 is 5.32 Å². The van der Waals surface area contributed by atoms with Crippen LogP contribution in [-0.2, 0) is 0 Å². The van der Waals surface area contributed by atoms with E-state index in [9.17, 15) is 0 Å². The number of hydrogen-bond donors (Lipinski definition) is 1. The largest absolute Gasteiger partial charge is 0.302 e. The zero-order valence-corrected chi connectivity index (χ0v) is 8.34. The number of likely N-dealkylation sites (tertiary alicyclic amines) is 1. The number of nitrogens with one attached hydrogen (secondary N) is 1. The Hall–Kier alpha value is -0.0800. The molecule has 1 N–H and O–H groups in total. The zero-order valence-electron chi connectivity index (χ0n) is 8.34. The molecule has 0 aromatic rings. The van der Waals surface area contributed by atoms with Gasteiger partial charge >= 0.3 is 0 Å². The van der Waals surface area contributed by atoms with Crippen LogP contribution in [0.25, 0.3) is 0 Å². The Balaban J connectivity index is 1.62. The average Bonchev–Trinajstić information content (AvgIpc) is 2.97. The molecule has 0 bridgehead atoms. The highest BCUT2D eigenvalue weighted by atomic mass is 15.3. The second-order valence-electron chi connectivity index (χ2n) is 4.91. The molecule has 3 aliphatic rings. The molecule has 2 nitrogen and oxygen atoms in total. The molecule has 2 heterocycles. The quantitative estimate of drug-likeness (QED) is 0.659. The summed E-state index contributed by atoms with van der Waals surface area (Å²) in [4.78, 5) is 2.76. The summed E-state index contributed by atoms with van der Waals surface area (Å²) in [5.41, 5.74) is 0. The molecule has 3 unspecified atom stereocenters. The summed E-state index contributed by atoms with van der Waals surface area (Å²) in [5, 5.41) is 3.67. The minimum absolute atomic E-state index is 0.740. The topological polar surface area (TPSA) is 15.3 Å². The Morgan fingerprint density at radius 2 is 2.08 bits per heavy atom. The van der Waals surface area contributed by atoms with E-state index in [1.54, 1.807) is 0 Å². The number of rotatable bonds is 1. The van der Waals surface area contributed by atoms with E-state index in [4.69, 9.17) is 0 Å². The lowest BCUT2D eigenvalue weighted by Crippen LogP contribution is -2.51. The maximum absolute atomic E-state index is 3.67. The molecule has 1 saturated carbocycles. The normalized spacial score (nSPS) is 45.7. The van der Waals surface area contributed by atoms with Crippen LogP contribution >= 0.6 is 0 Å². The lowest BCUT2D eigenvalue weighted by molar-refractivity contribution is 0.104. The number of fused-ring (bicyclic) bond motifs is 1. The van der Waals surface area contributed by atoms with Crippen molar-refractivity contribution in [2.45, 2.75) is 50.7 Å². The van der Waals surface area contributed by atoms with Crippen molar-refractivity contribution in [3.8, 4) is 0 Å². The van der Waals surface area contributed by atoms with Crippen LogP contribution in [0.3, 0.4) is 0 Å². The molecule has 3 fully saturated rings. The van der Waals surface area contributed by atoms with Gasteiger partial charge in [0, 0.05) is 6.04 Å². The van der Waals surface area contributed by atoms with Crippen molar-refractivity contribution in [1.82, 2.24) is 10.2 Å². The van der Waals surface area contributed by atoms with Gasteiger partial charge in [0.05, 0.1) is 6.17 Å². The first kappa shape index (κ1) is 8.25. The first-order valence-corrected chi connectivity index (χ1v) is 5.94. The highest BCUT2D eigenvalue weighted by molar-refractivity contribution is 5.00. The zero-order chi connectivity index (χ0) is 8.67. The molecule has 0 aromatic heterocycles. The highest BCUT2D eigenvalue weighted by Crippen LogP contribution is 2.44. The van der Waals surface area contributed by atoms with Crippen LogP contribution in [-0.4, -0.2) is 30.2 Å². The van der Waals surface area contributed by atoms with Crippen molar-refractivity contribution in [3.63, 3.8) is 0 Å². The van der Waals surface area contributed by atoms with E-state index in [2.05, 4.69) is 10.2 Å². The van der Waals surface area contributed by atoms with Crippen LogP contribution in [0.2, 0.25) is 0 Å². The SMILES string of the molecule is C1CCC(N2CCCC3CC32)NC1. The van der Waals surface area contributed by atoms with Gasteiger partial charge in [-0.15, -0.1) is 0 Å². The molecule has 2 aliphatic heterocycles. The van der Waals surface area contributed by atoms with Crippen molar-refractivity contribution < 1.29 is 0 Å². The van der Waals surface area contributed by atoms with E-state index in [1.165, 1.54) is 51.6 Å².